The molecule has 0 amide bonds. The molecule has 1 aliphatic rings. The van der Waals surface area contributed by atoms with Crippen molar-refractivity contribution in [3.05, 3.63) is 95.1 Å². The quantitative estimate of drug-likeness (QED) is 0.369. The van der Waals surface area contributed by atoms with Crippen LogP contribution in [-0.4, -0.2) is 18.2 Å². The van der Waals surface area contributed by atoms with Crippen molar-refractivity contribution < 1.29 is 14.2 Å². The van der Waals surface area contributed by atoms with Gasteiger partial charge in [0.25, 0.3) is 0 Å². The van der Waals surface area contributed by atoms with E-state index in [1.807, 2.05) is 24.3 Å². The van der Waals surface area contributed by atoms with Crippen molar-refractivity contribution in [2.45, 2.75) is 78.0 Å². The van der Waals surface area contributed by atoms with Crippen LogP contribution in [-0.2, 0) is 28.1 Å². The topological polar surface area (TPSA) is 39.7 Å². The van der Waals surface area contributed by atoms with Gasteiger partial charge in [-0.15, -0.1) is 0 Å². The first-order chi connectivity index (χ1) is 16.7. The summed E-state index contributed by atoms with van der Waals surface area (Å²) in [5.74, 6) is 0.851. The highest BCUT2D eigenvalue weighted by atomic mass is 16.6. The fourth-order valence-electron chi connectivity index (χ4n) is 4.56. The molecule has 3 aromatic carbocycles. The highest BCUT2D eigenvalue weighted by Gasteiger charge is 2.45. The minimum atomic E-state index is -0.556. The van der Waals surface area contributed by atoms with Crippen molar-refractivity contribution in [2.24, 2.45) is 0 Å². The maximum atomic E-state index is 6.60. The molecule has 0 aliphatic carbocycles. The third-order valence-electron chi connectivity index (χ3n) is 6.55. The molecule has 1 heterocycles. The molecular formula is C31H39NO3. The minimum Gasteiger partial charge on any atom is -0.485 e. The maximum Gasteiger partial charge on any atom is 0.132 e. The second kappa shape index (κ2) is 10.4. The lowest BCUT2D eigenvalue weighted by Crippen LogP contribution is -2.50. The number of benzene rings is 3. The van der Waals surface area contributed by atoms with Crippen LogP contribution in [0.5, 0.6) is 5.75 Å². The Morgan fingerprint density at radius 2 is 1.51 bits per heavy atom. The van der Waals surface area contributed by atoms with E-state index in [-0.39, 0.29) is 17.6 Å². The zero-order valence-corrected chi connectivity index (χ0v) is 21.9. The summed E-state index contributed by atoms with van der Waals surface area (Å²) < 4.78 is 19.7. The maximum absolute atomic E-state index is 6.60. The average Bonchev–Trinajstić information content (AvgIpc) is 2.82. The fourth-order valence-corrected chi connectivity index (χ4v) is 4.56. The standard InChI is InChI=1S/C31H39NO3/c1-7-32-25-17-18-27-26(19-25)28(33-20-22-11-9-8-10-12-22)29(31(5,6)35-27)34-21-23-13-15-24(16-14-23)30(2,3)4/h8-19,28-29,32H,7,20-21H2,1-6H3. The third-order valence-corrected chi connectivity index (χ3v) is 6.55. The molecule has 1 aliphatic heterocycles. The van der Waals surface area contributed by atoms with Crippen molar-refractivity contribution >= 4 is 5.69 Å². The number of hydrogen-bond donors (Lipinski definition) is 1. The fraction of sp³-hybridized carbons (Fsp3) is 0.419. The molecular weight excluding hydrogens is 434 g/mol. The molecule has 0 saturated heterocycles. The first kappa shape index (κ1) is 25.3. The normalized spacial score (nSPS) is 19.0. The number of rotatable bonds is 8. The zero-order chi connectivity index (χ0) is 25.1. The van der Waals surface area contributed by atoms with Crippen molar-refractivity contribution in [3.8, 4) is 5.75 Å². The Bertz CT molecular complexity index is 1100. The number of ether oxygens (including phenoxy) is 3. The molecule has 186 valence electrons. The van der Waals surface area contributed by atoms with Crippen LogP contribution in [0.3, 0.4) is 0 Å². The van der Waals surface area contributed by atoms with Crippen molar-refractivity contribution in [2.75, 3.05) is 11.9 Å². The molecule has 4 rings (SSSR count). The molecule has 2 atom stereocenters. The van der Waals surface area contributed by atoms with Crippen molar-refractivity contribution in [1.29, 1.82) is 0 Å². The van der Waals surface area contributed by atoms with Gasteiger partial charge in [0, 0.05) is 17.8 Å². The van der Waals surface area contributed by atoms with Gasteiger partial charge in [-0.1, -0.05) is 75.4 Å². The van der Waals surface area contributed by atoms with Gasteiger partial charge >= 0.3 is 0 Å². The molecule has 0 aromatic heterocycles. The van der Waals surface area contributed by atoms with Crippen molar-refractivity contribution in [1.82, 2.24) is 0 Å². The second-order valence-corrected chi connectivity index (χ2v) is 10.9. The van der Waals surface area contributed by atoms with E-state index in [4.69, 9.17) is 14.2 Å². The van der Waals surface area contributed by atoms with E-state index in [0.717, 1.165) is 34.7 Å². The molecule has 2 unspecified atom stereocenters. The Morgan fingerprint density at radius 3 is 2.17 bits per heavy atom. The van der Waals surface area contributed by atoms with E-state index in [0.29, 0.717) is 13.2 Å². The third kappa shape index (κ3) is 6.06. The van der Waals surface area contributed by atoms with E-state index in [9.17, 15) is 0 Å². The van der Waals surface area contributed by atoms with Crippen LogP contribution in [0, 0.1) is 0 Å². The molecule has 1 N–H and O–H groups in total. The average molecular weight is 474 g/mol. The molecule has 0 saturated carbocycles. The van der Waals surface area contributed by atoms with Gasteiger partial charge in [0.15, 0.2) is 0 Å². The second-order valence-electron chi connectivity index (χ2n) is 10.9. The number of nitrogens with one attached hydrogen (secondary N) is 1. The van der Waals surface area contributed by atoms with E-state index >= 15 is 0 Å². The Balaban J connectivity index is 1.61. The Labute approximate surface area is 210 Å². The van der Waals surface area contributed by atoms with Crippen LogP contribution in [0.4, 0.5) is 5.69 Å². The van der Waals surface area contributed by atoms with Crippen LogP contribution < -0.4 is 10.1 Å². The lowest BCUT2D eigenvalue weighted by molar-refractivity contribution is -0.170. The zero-order valence-electron chi connectivity index (χ0n) is 21.9. The molecule has 0 spiro atoms. The lowest BCUT2D eigenvalue weighted by atomic mass is 9.86. The summed E-state index contributed by atoms with van der Waals surface area (Å²) in [6.07, 6.45) is -0.542. The SMILES string of the molecule is CCNc1ccc2c(c1)C(OCc1ccccc1)C(OCc1ccc(C(C)(C)C)cc1)C(C)(C)O2. The van der Waals surface area contributed by atoms with Gasteiger partial charge in [-0.2, -0.15) is 0 Å². The summed E-state index contributed by atoms with van der Waals surface area (Å²) >= 11 is 0. The molecule has 4 nitrogen and oxygen atoms in total. The van der Waals surface area contributed by atoms with Gasteiger partial charge < -0.3 is 19.5 Å². The van der Waals surface area contributed by atoms with Gasteiger partial charge in [0.1, 0.15) is 23.6 Å². The molecule has 0 radical (unpaired) electrons. The molecule has 0 bridgehead atoms. The van der Waals surface area contributed by atoms with Crippen LogP contribution in [0.15, 0.2) is 72.8 Å². The Hall–Kier alpha value is -2.82. The summed E-state index contributed by atoms with van der Waals surface area (Å²) in [6.45, 7) is 14.8. The highest BCUT2D eigenvalue weighted by Crippen LogP contribution is 2.45. The summed E-state index contributed by atoms with van der Waals surface area (Å²) in [4.78, 5) is 0. The first-order valence-corrected chi connectivity index (χ1v) is 12.6. The Morgan fingerprint density at radius 1 is 0.857 bits per heavy atom. The van der Waals surface area contributed by atoms with Gasteiger partial charge in [0.05, 0.1) is 13.2 Å². The highest BCUT2D eigenvalue weighted by molar-refractivity contribution is 5.53. The predicted molar refractivity (Wildman–Crippen MR) is 143 cm³/mol. The molecule has 35 heavy (non-hydrogen) atoms. The van der Waals surface area contributed by atoms with E-state index in [1.165, 1.54) is 5.56 Å². The van der Waals surface area contributed by atoms with Crippen LogP contribution >= 0.6 is 0 Å². The van der Waals surface area contributed by atoms with Gasteiger partial charge in [-0.05, 0) is 61.1 Å². The molecule has 0 fully saturated rings. The lowest BCUT2D eigenvalue weighted by Gasteiger charge is -2.44. The first-order valence-electron chi connectivity index (χ1n) is 12.6. The monoisotopic (exact) mass is 473 g/mol. The van der Waals surface area contributed by atoms with Crippen molar-refractivity contribution in [3.63, 3.8) is 0 Å². The largest absolute Gasteiger partial charge is 0.485 e. The number of hydrogen-bond acceptors (Lipinski definition) is 4. The van der Waals surface area contributed by atoms with Gasteiger partial charge in [-0.3, -0.25) is 0 Å². The summed E-state index contributed by atoms with van der Waals surface area (Å²) in [6, 6.07) is 25.2. The van der Waals surface area contributed by atoms with Gasteiger partial charge in [0.2, 0.25) is 0 Å². The van der Waals surface area contributed by atoms with Crippen LogP contribution in [0.25, 0.3) is 0 Å². The summed E-state index contributed by atoms with van der Waals surface area (Å²) in [5.41, 5.74) is 5.24. The van der Waals surface area contributed by atoms with Crippen LogP contribution in [0.1, 0.15) is 69.9 Å². The molecule has 3 aromatic rings. The smallest absolute Gasteiger partial charge is 0.132 e. The van der Waals surface area contributed by atoms with E-state index in [2.05, 4.69) is 95.4 Å². The summed E-state index contributed by atoms with van der Waals surface area (Å²) in [5, 5.41) is 3.41. The molecule has 4 heteroatoms. The number of anilines is 1. The predicted octanol–water partition coefficient (Wildman–Crippen LogP) is 7.43. The number of fused-ring (bicyclic) bond motifs is 1. The van der Waals surface area contributed by atoms with E-state index in [1.54, 1.807) is 0 Å². The minimum absolute atomic E-state index is 0.128. The van der Waals surface area contributed by atoms with Gasteiger partial charge in [-0.25, -0.2) is 0 Å². The van der Waals surface area contributed by atoms with E-state index < -0.39 is 5.60 Å². The summed E-state index contributed by atoms with van der Waals surface area (Å²) in [7, 11) is 0. The Kier molecular flexibility index (Phi) is 7.53. The van der Waals surface area contributed by atoms with Crippen LogP contribution in [0.2, 0.25) is 0 Å².